The lowest BCUT2D eigenvalue weighted by Gasteiger charge is -2.57. The fraction of sp³-hybridized carbons (Fsp3) is 0.688. The van der Waals surface area contributed by atoms with E-state index in [1.54, 1.807) is 0 Å². The fourth-order valence-electron chi connectivity index (χ4n) is 5.52. The second kappa shape index (κ2) is 3.80. The van der Waals surface area contributed by atoms with Crippen molar-refractivity contribution in [2.75, 3.05) is 0 Å². The predicted octanol–water partition coefficient (Wildman–Crippen LogP) is 3.01. The minimum absolute atomic E-state index is 0.442. The first-order valence-corrected chi connectivity index (χ1v) is 7.43. The Labute approximate surface area is 109 Å². The zero-order chi connectivity index (χ0) is 12.2. The molecule has 0 unspecified atom stereocenters. The van der Waals surface area contributed by atoms with Gasteiger partial charge >= 0.3 is 0 Å². The predicted molar refractivity (Wildman–Crippen MR) is 72.0 cm³/mol. The molecular weight excluding hydrogens is 220 g/mol. The molecule has 1 heterocycles. The minimum atomic E-state index is 0.442. The zero-order valence-corrected chi connectivity index (χ0v) is 10.9. The van der Waals surface area contributed by atoms with Gasteiger partial charge in [0.05, 0.1) is 5.69 Å². The lowest BCUT2D eigenvalue weighted by molar-refractivity contribution is -0.00576. The Morgan fingerprint density at radius 1 is 1.11 bits per heavy atom. The van der Waals surface area contributed by atoms with E-state index < -0.39 is 0 Å². The van der Waals surface area contributed by atoms with Crippen LogP contribution in [-0.4, -0.2) is 4.98 Å². The van der Waals surface area contributed by atoms with Gasteiger partial charge in [0.1, 0.15) is 0 Å². The molecule has 0 atom stereocenters. The van der Waals surface area contributed by atoms with Crippen LogP contribution in [0, 0.1) is 17.8 Å². The second-order valence-corrected chi connectivity index (χ2v) is 6.90. The van der Waals surface area contributed by atoms with E-state index in [0.29, 0.717) is 12.0 Å². The monoisotopic (exact) mass is 242 g/mol. The summed E-state index contributed by atoms with van der Waals surface area (Å²) in [5, 5.41) is 0. The molecule has 5 rings (SSSR count). The lowest BCUT2D eigenvalue weighted by Crippen LogP contribution is -2.49. The molecule has 4 fully saturated rings. The van der Waals surface area contributed by atoms with Gasteiger partial charge in [0.15, 0.2) is 0 Å². The maximum Gasteiger partial charge on any atom is 0.0577 e. The largest absolute Gasteiger partial charge is 0.325 e. The molecule has 0 radical (unpaired) electrons. The average Bonchev–Trinajstić information content (AvgIpc) is 2.37. The summed E-state index contributed by atoms with van der Waals surface area (Å²) in [6.07, 6.45) is 10.6. The fourth-order valence-corrected chi connectivity index (χ4v) is 5.52. The van der Waals surface area contributed by atoms with Crippen LogP contribution in [0.25, 0.3) is 0 Å². The van der Waals surface area contributed by atoms with E-state index in [4.69, 9.17) is 5.73 Å². The molecule has 1 aromatic rings. The molecule has 0 amide bonds. The van der Waals surface area contributed by atoms with Crippen molar-refractivity contribution in [3.8, 4) is 0 Å². The van der Waals surface area contributed by atoms with Crippen molar-refractivity contribution in [3.05, 3.63) is 29.6 Å². The van der Waals surface area contributed by atoms with Gasteiger partial charge in [0.2, 0.25) is 0 Å². The summed E-state index contributed by atoms with van der Waals surface area (Å²) in [5.41, 5.74) is 8.99. The van der Waals surface area contributed by atoms with E-state index in [2.05, 4.69) is 17.1 Å². The van der Waals surface area contributed by atoms with E-state index in [9.17, 15) is 0 Å². The number of rotatable bonds is 2. The molecule has 2 nitrogen and oxygen atoms in total. The molecular formula is C16H22N2. The zero-order valence-electron chi connectivity index (χ0n) is 10.9. The van der Waals surface area contributed by atoms with Crippen LogP contribution in [0.15, 0.2) is 18.3 Å². The first-order chi connectivity index (χ1) is 8.79. The van der Waals surface area contributed by atoms with Crippen molar-refractivity contribution >= 4 is 0 Å². The van der Waals surface area contributed by atoms with E-state index in [1.165, 1.54) is 44.1 Å². The van der Waals surface area contributed by atoms with Gasteiger partial charge in [-0.1, -0.05) is 6.07 Å². The van der Waals surface area contributed by atoms with Gasteiger partial charge in [-0.3, -0.25) is 4.98 Å². The first kappa shape index (κ1) is 11.0. The van der Waals surface area contributed by atoms with E-state index in [0.717, 1.165) is 23.4 Å². The third kappa shape index (κ3) is 1.48. The first-order valence-electron chi connectivity index (χ1n) is 7.43. The molecule has 4 saturated carbocycles. The smallest absolute Gasteiger partial charge is 0.0577 e. The highest BCUT2D eigenvalue weighted by Gasteiger charge is 2.52. The van der Waals surface area contributed by atoms with Crippen molar-refractivity contribution in [3.63, 3.8) is 0 Å². The summed E-state index contributed by atoms with van der Waals surface area (Å²) in [7, 11) is 0. The van der Waals surface area contributed by atoms with E-state index in [-0.39, 0.29) is 0 Å². The Morgan fingerprint density at radius 3 is 2.28 bits per heavy atom. The van der Waals surface area contributed by atoms with Crippen LogP contribution >= 0.6 is 0 Å². The van der Waals surface area contributed by atoms with Crippen molar-refractivity contribution in [2.45, 2.75) is 50.5 Å². The molecule has 4 aliphatic rings. The van der Waals surface area contributed by atoms with Crippen molar-refractivity contribution in [1.29, 1.82) is 0 Å². The highest BCUT2D eigenvalue weighted by Crippen LogP contribution is 2.60. The number of hydrogen-bond acceptors (Lipinski definition) is 2. The molecule has 0 spiro atoms. The Kier molecular flexibility index (Phi) is 2.32. The molecule has 96 valence electrons. The summed E-state index contributed by atoms with van der Waals surface area (Å²) in [6, 6.07) is 4.41. The molecule has 2 N–H and O–H groups in total. The highest BCUT2D eigenvalue weighted by atomic mass is 14.7. The summed E-state index contributed by atoms with van der Waals surface area (Å²) >= 11 is 0. The van der Waals surface area contributed by atoms with Gasteiger partial charge in [0.25, 0.3) is 0 Å². The van der Waals surface area contributed by atoms with Gasteiger partial charge in [0, 0.05) is 12.7 Å². The van der Waals surface area contributed by atoms with Crippen molar-refractivity contribution in [2.24, 2.45) is 23.5 Å². The molecule has 18 heavy (non-hydrogen) atoms. The number of aromatic nitrogens is 1. The Balaban J connectivity index is 1.79. The second-order valence-electron chi connectivity index (χ2n) is 6.90. The van der Waals surface area contributed by atoms with Crippen LogP contribution in [0.1, 0.15) is 49.8 Å². The molecule has 4 aliphatic carbocycles. The maximum absolute atomic E-state index is 5.91. The van der Waals surface area contributed by atoms with Gasteiger partial charge in [-0.25, -0.2) is 0 Å². The van der Waals surface area contributed by atoms with Crippen LogP contribution in [0.5, 0.6) is 0 Å². The molecule has 1 aromatic heterocycles. The summed E-state index contributed by atoms with van der Waals surface area (Å²) < 4.78 is 0. The van der Waals surface area contributed by atoms with Crippen molar-refractivity contribution < 1.29 is 0 Å². The summed E-state index contributed by atoms with van der Waals surface area (Å²) in [4.78, 5) is 4.53. The van der Waals surface area contributed by atoms with Crippen LogP contribution in [0.4, 0.5) is 0 Å². The number of pyridine rings is 1. The summed E-state index contributed by atoms with van der Waals surface area (Å²) in [6.45, 7) is 0.595. The lowest BCUT2D eigenvalue weighted by atomic mass is 9.48. The molecule has 0 aromatic carbocycles. The number of hydrogen-bond donors (Lipinski definition) is 1. The van der Waals surface area contributed by atoms with Gasteiger partial charge in [-0.15, -0.1) is 0 Å². The highest BCUT2D eigenvalue weighted by molar-refractivity contribution is 5.32. The number of nitrogens with zero attached hydrogens (tertiary/aromatic N) is 1. The molecule has 0 saturated heterocycles. The van der Waals surface area contributed by atoms with Crippen LogP contribution in [0.2, 0.25) is 0 Å². The maximum atomic E-state index is 5.91. The SMILES string of the molecule is NCc1ncccc1C12CC3CC(CC(C3)C1)C2. The minimum Gasteiger partial charge on any atom is -0.325 e. The Morgan fingerprint density at radius 2 is 1.72 bits per heavy atom. The van der Waals surface area contributed by atoms with Gasteiger partial charge < -0.3 is 5.73 Å². The average molecular weight is 242 g/mol. The number of nitrogens with two attached hydrogens (primary N) is 1. The van der Waals surface area contributed by atoms with Gasteiger partial charge in [-0.2, -0.15) is 0 Å². The molecule has 2 heteroatoms. The van der Waals surface area contributed by atoms with Crippen LogP contribution in [-0.2, 0) is 12.0 Å². The Bertz CT molecular complexity index is 431. The topological polar surface area (TPSA) is 38.9 Å². The molecule has 4 bridgehead atoms. The van der Waals surface area contributed by atoms with Crippen molar-refractivity contribution in [1.82, 2.24) is 4.98 Å². The quantitative estimate of drug-likeness (QED) is 0.866. The third-order valence-corrected chi connectivity index (χ3v) is 5.69. The van der Waals surface area contributed by atoms with Crippen LogP contribution < -0.4 is 5.73 Å². The Hall–Kier alpha value is -0.890. The third-order valence-electron chi connectivity index (χ3n) is 5.69. The normalized spacial score (nSPS) is 41.3. The van der Waals surface area contributed by atoms with Crippen LogP contribution in [0.3, 0.4) is 0 Å². The van der Waals surface area contributed by atoms with E-state index in [1.807, 2.05) is 6.20 Å². The van der Waals surface area contributed by atoms with Gasteiger partial charge in [-0.05, 0) is 73.3 Å². The standard InChI is InChI=1S/C16H22N2/c17-10-15-14(2-1-3-18-15)16-7-11-4-12(8-16)6-13(5-11)9-16/h1-3,11-13H,4-10,17H2. The summed E-state index contributed by atoms with van der Waals surface area (Å²) in [5.74, 6) is 2.96. The van der Waals surface area contributed by atoms with E-state index >= 15 is 0 Å². The molecule has 0 aliphatic heterocycles.